The van der Waals surface area contributed by atoms with Gasteiger partial charge in [0, 0.05) is 6.26 Å². The number of thiazole rings is 1. The standard InChI is InChI=1S/C15H18N2O3S2/c1-9(12-5-7-13(8-6-12)22(4,19)20)17-15(18)14-10(2)16-11(3)21-14/h5-9H,1-4H3,(H,17,18)/t9-/m1/s1. The van der Waals surface area contributed by atoms with Crippen LogP contribution < -0.4 is 5.32 Å². The Labute approximate surface area is 134 Å². The molecule has 0 bridgehead atoms. The summed E-state index contributed by atoms with van der Waals surface area (Å²) < 4.78 is 22.9. The fraction of sp³-hybridized carbons (Fsp3) is 0.333. The lowest BCUT2D eigenvalue weighted by Crippen LogP contribution is -2.26. The first-order valence-electron chi connectivity index (χ1n) is 6.73. The van der Waals surface area contributed by atoms with Crippen LogP contribution in [0.3, 0.4) is 0 Å². The van der Waals surface area contributed by atoms with Crippen molar-refractivity contribution >= 4 is 27.1 Å². The highest BCUT2D eigenvalue weighted by Gasteiger charge is 2.17. The second-order valence-electron chi connectivity index (χ2n) is 5.18. The van der Waals surface area contributed by atoms with Crippen LogP contribution in [0.15, 0.2) is 29.2 Å². The van der Waals surface area contributed by atoms with Crippen molar-refractivity contribution in [3.63, 3.8) is 0 Å². The molecule has 2 rings (SSSR count). The van der Waals surface area contributed by atoms with Gasteiger partial charge in [-0.1, -0.05) is 12.1 Å². The summed E-state index contributed by atoms with van der Waals surface area (Å²) in [7, 11) is -3.21. The second-order valence-corrected chi connectivity index (χ2v) is 8.40. The fourth-order valence-corrected chi connectivity index (χ4v) is 3.54. The third kappa shape index (κ3) is 3.72. The zero-order chi connectivity index (χ0) is 16.5. The van der Waals surface area contributed by atoms with E-state index < -0.39 is 9.84 Å². The van der Waals surface area contributed by atoms with E-state index in [4.69, 9.17) is 0 Å². The molecule has 0 aliphatic rings. The largest absolute Gasteiger partial charge is 0.345 e. The topological polar surface area (TPSA) is 76.1 Å². The van der Waals surface area contributed by atoms with Crippen molar-refractivity contribution in [3.05, 3.63) is 45.4 Å². The Hall–Kier alpha value is -1.73. The van der Waals surface area contributed by atoms with Crippen LogP contribution in [0.1, 0.15) is 38.9 Å². The first-order chi connectivity index (χ1) is 10.2. The molecule has 1 atom stereocenters. The zero-order valence-electron chi connectivity index (χ0n) is 12.9. The van der Waals surface area contributed by atoms with E-state index in [1.807, 2.05) is 20.8 Å². The SMILES string of the molecule is Cc1nc(C)c(C(=O)N[C@H](C)c2ccc(S(C)(=O)=O)cc2)s1. The number of aryl methyl sites for hydroxylation is 2. The number of hydrogen-bond acceptors (Lipinski definition) is 5. The number of nitrogens with zero attached hydrogens (tertiary/aromatic N) is 1. The number of sulfone groups is 1. The van der Waals surface area contributed by atoms with E-state index in [0.717, 1.165) is 16.3 Å². The molecule has 7 heteroatoms. The molecule has 0 unspecified atom stereocenters. The molecule has 5 nitrogen and oxygen atoms in total. The molecular formula is C15H18N2O3S2. The van der Waals surface area contributed by atoms with E-state index >= 15 is 0 Å². The smallest absolute Gasteiger partial charge is 0.263 e. The summed E-state index contributed by atoms with van der Waals surface area (Å²) in [4.78, 5) is 17.4. The van der Waals surface area contributed by atoms with Crippen molar-refractivity contribution in [2.24, 2.45) is 0 Å². The average Bonchev–Trinajstić information content (AvgIpc) is 2.77. The van der Waals surface area contributed by atoms with Crippen LogP contribution in [0.2, 0.25) is 0 Å². The summed E-state index contributed by atoms with van der Waals surface area (Å²) in [6.45, 7) is 5.53. The molecule has 22 heavy (non-hydrogen) atoms. The third-order valence-corrected chi connectivity index (χ3v) is 5.47. The number of rotatable bonds is 4. The molecule has 1 N–H and O–H groups in total. The van der Waals surface area contributed by atoms with E-state index in [1.165, 1.54) is 17.6 Å². The monoisotopic (exact) mass is 338 g/mol. The van der Waals surface area contributed by atoms with Crippen molar-refractivity contribution in [2.45, 2.75) is 31.7 Å². The number of hydrogen-bond donors (Lipinski definition) is 1. The maximum Gasteiger partial charge on any atom is 0.263 e. The van der Waals surface area contributed by atoms with Crippen molar-refractivity contribution in [3.8, 4) is 0 Å². The number of aromatic nitrogens is 1. The molecule has 2 aromatic rings. The van der Waals surface area contributed by atoms with Gasteiger partial charge in [-0.3, -0.25) is 4.79 Å². The van der Waals surface area contributed by atoms with Gasteiger partial charge in [-0.25, -0.2) is 13.4 Å². The van der Waals surface area contributed by atoms with Crippen molar-refractivity contribution in [1.82, 2.24) is 10.3 Å². The summed E-state index contributed by atoms with van der Waals surface area (Å²) in [5.41, 5.74) is 1.57. The van der Waals surface area contributed by atoms with E-state index in [0.29, 0.717) is 4.88 Å². The van der Waals surface area contributed by atoms with Gasteiger partial charge in [0.1, 0.15) is 4.88 Å². The van der Waals surface area contributed by atoms with Crippen LogP contribution in [0, 0.1) is 13.8 Å². The molecule has 1 aromatic carbocycles. The number of carbonyl (C=O) groups excluding carboxylic acids is 1. The molecule has 0 aliphatic heterocycles. The van der Waals surface area contributed by atoms with Gasteiger partial charge in [-0.2, -0.15) is 0 Å². The third-order valence-electron chi connectivity index (χ3n) is 3.27. The highest BCUT2D eigenvalue weighted by Crippen LogP contribution is 2.20. The van der Waals surface area contributed by atoms with E-state index in [1.54, 1.807) is 24.3 Å². The van der Waals surface area contributed by atoms with Gasteiger partial charge < -0.3 is 5.32 Å². The van der Waals surface area contributed by atoms with Crippen LogP contribution >= 0.6 is 11.3 Å². The lowest BCUT2D eigenvalue weighted by Gasteiger charge is -2.14. The number of amides is 1. The molecular weight excluding hydrogens is 320 g/mol. The lowest BCUT2D eigenvalue weighted by molar-refractivity contribution is 0.0943. The predicted molar refractivity (Wildman–Crippen MR) is 87.0 cm³/mol. The van der Waals surface area contributed by atoms with Crippen LogP contribution in [0.25, 0.3) is 0 Å². The Morgan fingerprint density at radius 1 is 1.23 bits per heavy atom. The highest BCUT2D eigenvalue weighted by atomic mass is 32.2. The molecule has 0 radical (unpaired) electrons. The van der Waals surface area contributed by atoms with Gasteiger partial charge in [-0.15, -0.1) is 11.3 Å². The van der Waals surface area contributed by atoms with Crippen molar-refractivity contribution in [2.75, 3.05) is 6.26 Å². The average molecular weight is 338 g/mol. The van der Waals surface area contributed by atoms with E-state index in [9.17, 15) is 13.2 Å². The molecule has 1 heterocycles. The fourth-order valence-electron chi connectivity index (χ4n) is 2.09. The summed E-state index contributed by atoms with van der Waals surface area (Å²) in [5, 5.41) is 3.76. The van der Waals surface area contributed by atoms with Crippen LogP contribution in [-0.4, -0.2) is 25.6 Å². The first-order valence-corrected chi connectivity index (χ1v) is 9.44. The molecule has 1 aromatic heterocycles. The summed E-state index contributed by atoms with van der Waals surface area (Å²) in [6, 6.07) is 6.31. The van der Waals surface area contributed by atoms with E-state index in [2.05, 4.69) is 10.3 Å². The first kappa shape index (κ1) is 16.6. The second kappa shape index (κ2) is 6.18. The van der Waals surface area contributed by atoms with Crippen molar-refractivity contribution in [1.29, 1.82) is 0 Å². The molecule has 0 aliphatic carbocycles. The zero-order valence-corrected chi connectivity index (χ0v) is 14.5. The Bertz CT molecular complexity index is 793. The van der Waals surface area contributed by atoms with Gasteiger partial charge >= 0.3 is 0 Å². The maximum absolute atomic E-state index is 12.3. The molecule has 118 valence electrons. The number of carbonyl (C=O) groups is 1. The predicted octanol–water partition coefficient (Wildman–Crippen LogP) is 2.65. The Morgan fingerprint density at radius 2 is 1.82 bits per heavy atom. The minimum atomic E-state index is -3.21. The molecule has 0 fully saturated rings. The van der Waals surface area contributed by atoms with Gasteiger partial charge in [0.2, 0.25) is 0 Å². The minimum absolute atomic E-state index is 0.164. The number of benzene rings is 1. The quantitative estimate of drug-likeness (QED) is 0.930. The number of nitrogens with one attached hydrogen (secondary N) is 1. The van der Waals surface area contributed by atoms with Gasteiger partial charge in [0.25, 0.3) is 5.91 Å². The highest BCUT2D eigenvalue weighted by molar-refractivity contribution is 7.90. The van der Waals surface area contributed by atoms with Gasteiger partial charge in [-0.05, 0) is 38.5 Å². The minimum Gasteiger partial charge on any atom is -0.345 e. The normalized spacial score (nSPS) is 12.9. The lowest BCUT2D eigenvalue weighted by atomic mass is 10.1. The van der Waals surface area contributed by atoms with Gasteiger partial charge in [0.05, 0.1) is 21.6 Å². The maximum atomic E-state index is 12.3. The van der Waals surface area contributed by atoms with Crippen LogP contribution in [-0.2, 0) is 9.84 Å². The van der Waals surface area contributed by atoms with E-state index in [-0.39, 0.29) is 16.8 Å². The Balaban J connectivity index is 2.14. The molecule has 0 saturated heterocycles. The molecule has 1 amide bonds. The van der Waals surface area contributed by atoms with Gasteiger partial charge in [0.15, 0.2) is 9.84 Å². The Kier molecular flexibility index (Phi) is 4.67. The van der Waals surface area contributed by atoms with Crippen molar-refractivity contribution < 1.29 is 13.2 Å². The summed E-state index contributed by atoms with van der Waals surface area (Å²) in [6.07, 6.45) is 1.17. The van der Waals surface area contributed by atoms with Crippen LogP contribution in [0.5, 0.6) is 0 Å². The summed E-state index contributed by atoms with van der Waals surface area (Å²) >= 11 is 1.36. The Morgan fingerprint density at radius 3 is 2.27 bits per heavy atom. The molecule has 0 spiro atoms. The molecule has 0 saturated carbocycles. The van der Waals surface area contributed by atoms with Crippen LogP contribution in [0.4, 0.5) is 0 Å². The summed E-state index contributed by atoms with van der Waals surface area (Å²) in [5.74, 6) is -0.164.